The summed E-state index contributed by atoms with van der Waals surface area (Å²) in [6.07, 6.45) is 6.29. The molecule has 3 aromatic rings. The lowest BCUT2D eigenvalue weighted by molar-refractivity contribution is 0.837. The van der Waals surface area contributed by atoms with E-state index in [4.69, 9.17) is 9.98 Å². The van der Waals surface area contributed by atoms with Gasteiger partial charge in [-0.1, -0.05) is 42.5 Å². The van der Waals surface area contributed by atoms with E-state index >= 15 is 0 Å². The summed E-state index contributed by atoms with van der Waals surface area (Å²) in [5.41, 5.74) is 5.73. The van der Waals surface area contributed by atoms with E-state index in [0.717, 1.165) is 55.2 Å². The predicted octanol–water partition coefficient (Wildman–Crippen LogP) is 5.04. The quantitative estimate of drug-likeness (QED) is 0.449. The molecule has 0 saturated heterocycles. The molecule has 3 rings (SSSR count). The van der Waals surface area contributed by atoms with Gasteiger partial charge in [0.1, 0.15) is 0 Å². The van der Waals surface area contributed by atoms with Crippen molar-refractivity contribution in [2.75, 3.05) is 13.1 Å². The third kappa shape index (κ3) is 7.03. The molecule has 0 N–H and O–H groups in total. The number of hydrogen-bond donors (Lipinski definition) is 0. The highest BCUT2D eigenvalue weighted by atomic mass is 14.8. The highest BCUT2D eigenvalue weighted by Crippen LogP contribution is 2.14. The van der Waals surface area contributed by atoms with Crippen molar-refractivity contribution in [3.05, 3.63) is 96.1 Å². The average molecular weight is 399 g/mol. The van der Waals surface area contributed by atoms with Crippen molar-refractivity contribution < 1.29 is 0 Å². The Hall–Kier alpha value is -3.14. The van der Waals surface area contributed by atoms with Crippen LogP contribution < -0.4 is 0 Å². The highest BCUT2D eigenvalue weighted by molar-refractivity contribution is 6.05. The summed E-state index contributed by atoms with van der Waals surface area (Å²) in [6, 6.07) is 22.6. The van der Waals surface area contributed by atoms with E-state index in [-0.39, 0.29) is 5.92 Å². The molecule has 0 aliphatic rings. The van der Waals surface area contributed by atoms with Crippen molar-refractivity contribution >= 4 is 11.4 Å². The van der Waals surface area contributed by atoms with E-state index in [1.807, 2.05) is 36.7 Å². The van der Waals surface area contributed by atoms with Gasteiger partial charge in [0, 0.05) is 67.1 Å². The summed E-state index contributed by atoms with van der Waals surface area (Å²) in [7, 11) is 0. The zero-order valence-corrected chi connectivity index (χ0v) is 17.9. The first kappa shape index (κ1) is 21.6. The molecule has 0 aliphatic carbocycles. The maximum Gasteiger partial charge on any atom is 0.0444 e. The topological polar surface area (TPSA) is 50.5 Å². The first-order chi connectivity index (χ1) is 14.7. The van der Waals surface area contributed by atoms with Crippen LogP contribution in [0.4, 0.5) is 0 Å². The normalized spacial score (nSPS) is 13.3. The van der Waals surface area contributed by atoms with Gasteiger partial charge in [-0.15, -0.1) is 0 Å². The molecule has 0 bridgehead atoms. The third-order valence-electron chi connectivity index (χ3n) is 5.20. The second-order valence-corrected chi connectivity index (χ2v) is 7.43. The monoisotopic (exact) mass is 398 g/mol. The van der Waals surface area contributed by atoms with Gasteiger partial charge in [-0.05, 0) is 50.1 Å². The SMILES string of the molecule is CC(=NCCc1ccccn1)C(Cc1ccccc1)C(C)=NCCc1ccccn1. The van der Waals surface area contributed by atoms with Gasteiger partial charge in [-0.3, -0.25) is 20.0 Å². The number of rotatable bonds is 10. The van der Waals surface area contributed by atoms with Gasteiger partial charge in [0.25, 0.3) is 0 Å². The third-order valence-corrected chi connectivity index (χ3v) is 5.20. The van der Waals surface area contributed by atoms with E-state index in [0.29, 0.717) is 0 Å². The molecule has 2 aromatic heterocycles. The fraction of sp³-hybridized carbons (Fsp3) is 0.308. The summed E-state index contributed by atoms with van der Waals surface area (Å²) >= 11 is 0. The minimum atomic E-state index is 0.208. The highest BCUT2D eigenvalue weighted by Gasteiger charge is 2.16. The van der Waals surface area contributed by atoms with Crippen LogP contribution in [0.5, 0.6) is 0 Å². The Kier molecular flexibility index (Phi) is 8.46. The number of pyridine rings is 2. The van der Waals surface area contributed by atoms with Crippen molar-refractivity contribution in [3.63, 3.8) is 0 Å². The van der Waals surface area contributed by atoms with E-state index in [2.05, 4.69) is 66.3 Å². The van der Waals surface area contributed by atoms with Gasteiger partial charge in [0.15, 0.2) is 0 Å². The lowest BCUT2D eigenvalue weighted by Crippen LogP contribution is -2.23. The van der Waals surface area contributed by atoms with Crippen LogP contribution in [0.25, 0.3) is 0 Å². The number of nitrogens with zero attached hydrogens (tertiary/aromatic N) is 4. The standard InChI is InChI=1S/C26H30N4/c1-21(27-18-14-24-12-6-8-16-29-24)26(20-23-10-4-3-5-11-23)22(2)28-19-15-25-13-7-9-17-30-25/h3-13,16-17,26H,14-15,18-20H2,1-2H3. The molecule has 0 saturated carbocycles. The van der Waals surface area contributed by atoms with Crippen LogP contribution in [0.3, 0.4) is 0 Å². The van der Waals surface area contributed by atoms with Gasteiger partial charge in [0.2, 0.25) is 0 Å². The summed E-state index contributed by atoms with van der Waals surface area (Å²) in [4.78, 5) is 18.6. The molecule has 4 heteroatoms. The average Bonchev–Trinajstić information content (AvgIpc) is 2.79. The van der Waals surface area contributed by atoms with Gasteiger partial charge in [-0.25, -0.2) is 0 Å². The molecule has 0 unspecified atom stereocenters. The molecule has 0 atom stereocenters. The zero-order chi connectivity index (χ0) is 21.0. The Morgan fingerprint density at radius 3 is 1.67 bits per heavy atom. The molecule has 0 radical (unpaired) electrons. The molecule has 0 amide bonds. The summed E-state index contributed by atoms with van der Waals surface area (Å²) in [5, 5.41) is 0. The lowest BCUT2D eigenvalue weighted by atomic mass is 9.91. The molecule has 0 spiro atoms. The minimum absolute atomic E-state index is 0.208. The lowest BCUT2D eigenvalue weighted by Gasteiger charge is -2.18. The second kappa shape index (κ2) is 11.8. The summed E-state index contributed by atoms with van der Waals surface area (Å²) in [6.45, 7) is 5.75. The largest absolute Gasteiger partial charge is 0.293 e. The molecule has 2 heterocycles. The Bertz CT molecular complexity index is 875. The predicted molar refractivity (Wildman–Crippen MR) is 125 cm³/mol. The van der Waals surface area contributed by atoms with E-state index in [9.17, 15) is 0 Å². The van der Waals surface area contributed by atoms with E-state index in [1.165, 1.54) is 5.56 Å². The van der Waals surface area contributed by atoms with Crippen LogP contribution in [0.1, 0.15) is 30.8 Å². The van der Waals surface area contributed by atoms with Crippen molar-refractivity contribution in [3.8, 4) is 0 Å². The number of aliphatic imine (C=N–C) groups is 2. The smallest absolute Gasteiger partial charge is 0.0444 e. The maximum absolute atomic E-state index is 4.89. The van der Waals surface area contributed by atoms with Crippen LogP contribution in [-0.2, 0) is 19.3 Å². The van der Waals surface area contributed by atoms with E-state index < -0.39 is 0 Å². The minimum Gasteiger partial charge on any atom is -0.293 e. The van der Waals surface area contributed by atoms with Gasteiger partial charge < -0.3 is 0 Å². The Morgan fingerprint density at radius 1 is 0.700 bits per heavy atom. The van der Waals surface area contributed by atoms with Crippen LogP contribution >= 0.6 is 0 Å². The Labute approximate surface area is 179 Å². The van der Waals surface area contributed by atoms with Crippen molar-refractivity contribution in [1.82, 2.24) is 9.97 Å². The zero-order valence-electron chi connectivity index (χ0n) is 17.9. The van der Waals surface area contributed by atoms with Crippen LogP contribution in [0, 0.1) is 5.92 Å². The molecule has 30 heavy (non-hydrogen) atoms. The van der Waals surface area contributed by atoms with Crippen LogP contribution in [0.15, 0.2) is 89.1 Å². The Balaban J connectivity index is 1.68. The van der Waals surface area contributed by atoms with Gasteiger partial charge >= 0.3 is 0 Å². The first-order valence-electron chi connectivity index (χ1n) is 10.6. The van der Waals surface area contributed by atoms with Crippen molar-refractivity contribution in [1.29, 1.82) is 0 Å². The molecular weight excluding hydrogens is 368 g/mol. The fourth-order valence-electron chi connectivity index (χ4n) is 3.45. The molecule has 0 aliphatic heterocycles. The second-order valence-electron chi connectivity index (χ2n) is 7.43. The van der Waals surface area contributed by atoms with Crippen LogP contribution in [-0.4, -0.2) is 34.5 Å². The summed E-state index contributed by atoms with van der Waals surface area (Å²) in [5.74, 6) is 0.208. The Morgan fingerprint density at radius 2 is 1.20 bits per heavy atom. The van der Waals surface area contributed by atoms with Crippen molar-refractivity contribution in [2.45, 2.75) is 33.1 Å². The van der Waals surface area contributed by atoms with Crippen LogP contribution in [0.2, 0.25) is 0 Å². The fourth-order valence-corrected chi connectivity index (χ4v) is 3.45. The molecule has 0 fully saturated rings. The molecule has 4 nitrogen and oxygen atoms in total. The van der Waals surface area contributed by atoms with Gasteiger partial charge in [0.05, 0.1) is 0 Å². The van der Waals surface area contributed by atoms with Crippen molar-refractivity contribution in [2.24, 2.45) is 15.9 Å². The maximum atomic E-state index is 4.89. The number of hydrogen-bond acceptors (Lipinski definition) is 4. The molecule has 1 aromatic carbocycles. The van der Waals surface area contributed by atoms with Gasteiger partial charge in [-0.2, -0.15) is 0 Å². The first-order valence-corrected chi connectivity index (χ1v) is 10.6. The summed E-state index contributed by atoms with van der Waals surface area (Å²) < 4.78 is 0. The number of benzene rings is 1. The van der Waals surface area contributed by atoms with E-state index in [1.54, 1.807) is 0 Å². The molecular formula is C26H30N4. The number of aromatic nitrogens is 2. The molecule has 154 valence electrons.